The van der Waals surface area contributed by atoms with Crippen LogP contribution in [0.4, 0.5) is 0 Å². The summed E-state index contributed by atoms with van der Waals surface area (Å²) in [5.41, 5.74) is 7.83. The third-order valence-corrected chi connectivity index (χ3v) is 1.80. The summed E-state index contributed by atoms with van der Waals surface area (Å²) >= 11 is 0. The van der Waals surface area contributed by atoms with Crippen molar-refractivity contribution in [3.05, 3.63) is 0 Å². The van der Waals surface area contributed by atoms with E-state index in [1.165, 1.54) is 0 Å². The lowest BCUT2D eigenvalue weighted by Crippen LogP contribution is -2.48. The number of hydrogen-bond donors (Lipinski definition) is 2. The van der Waals surface area contributed by atoms with E-state index in [9.17, 15) is 4.79 Å². The van der Waals surface area contributed by atoms with Gasteiger partial charge in [-0.1, -0.05) is 34.6 Å². The molecule has 0 bridgehead atoms. The van der Waals surface area contributed by atoms with Gasteiger partial charge in [-0.25, -0.2) is 5.48 Å². The van der Waals surface area contributed by atoms with Crippen molar-refractivity contribution in [2.24, 2.45) is 17.1 Å². The molecule has 0 aromatic carbocycles. The molecule has 1 atom stereocenters. The molecule has 0 spiro atoms. The second-order valence-corrected chi connectivity index (χ2v) is 5.01. The number of carbonyl (C=O) groups is 1. The molecule has 0 saturated heterocycles. The number of carbonyl (C=O) groups excluding carboxylic acids is 1. The quantitative estimate of drug-likeness (QED) is 0.670. The van der Waals surface area contributed by atoms with Gasteiger partial charge in [0.2, 0.25) is 0 Å². The Bertz CT molecular complexity index is 185. The fraction of sp³-hybridized carbons (Fsp3) is 0.900. The Morgan fingerprint density at radius 2 is 1.93 bits per heavy atom. The van der Waals surface area contributed by atoms with Crippen LogP contribution in [-0.2, 0) is 9.63 Å². The lowest BCUT2D eigenvalue weighted by atomic mass is 9.87. The summed E-state index contributed by atoms with van der Waals surface area (Å²) in [7, 11) is 0. The predicted octanol–water partition coefficient (Wildman–Crippen LogP) is 1.06. The molecule has 0 aliphatic rings. The maximum Gasteiger partial charge on any atom is 0.260 e. The van der Waals surface area contributed by atoms with Crippen molar-refractivity contribution in [1.82, 2.24) is 5.48 Å². The van der Waals surface area contributed by atoms with Gasteiger partial charge in [0.15, 0.2) is 0 Å². The van der Waals surface area contributed by atoms with E-state index in [0.717, 1.165) is 0 Å². The highest BCUT2D eigenvalue weighted by Crippen LogP contribution is 2.16. The first-order chi connectivity index (χ1) is 6.25. The van der Waals surface area contributed by atoms with Crippen LogP contribution < -0.4 is 11.2 Å². The van der Waals surface area contributed by atoms with Gasteiger partial charge in [0.05, 0.1) is 12.6 Å². The highest BCUT2D eigenvalue weighted by atomic mass is 16.7. The molecule has 0 aliphatic carbocycles. The van der Waals surface area contributed by atoms with Gasteiger partial charge in [-0.05, 0) is 11.3 Å². The van der Waals surface area contributed by atoms with Crippen LogP contribution in [0.25, 0.3) is 0 Å². The van der Waals surface area contributed by atoms with Crippen LogP contribution in [0, 0.1) is 11.3 Å². The van der Waals surface area contributed by atoms with Gasteiger partial charge < -0.3 is 5.73 Å². The topological polar surface area (TPSA) is 64.3 Å². The standard InChI is InChI=1S/C10H22N2O2/c1-7(2)6-14-12-9(13)8(11)10(3,4)5/h7-8H,6,11H2,1-5H3,(H,12,13)/t8-/m0/s1. The molecular weight excluding hydrogens is 180 g/mol. The van der Waals surface area contributed by atoms with Gasteiger partial charge >= 0.3 is 0 Å². The highest BCUT2D eigenvalue weighted by molar-refractivity contribution is 5.81. The average Bonchev–Trinajstić information content (AvgIpc) is 2.00. The zero-order valence-corrected chi connectivity index (χ0v) is 9.76. The molecule has 3 N–H and O–H groups in total. The first-order valence-corrected chi connectivity index (χ1v) is 4.92. The van der Waals surface area contributed by atoms with Crippen LogP contribution >= 0.6 is 0 Å². The fourth-order valence-corrected chi connectivity index (χ4v) is 0.736. The van der Waals surface area contributed by atoms with Crippen LogP contribution in [0.1, 0.15) is 34.6 Å². The predicted molar refractivity (Wildman–Crippen MR) is 56.4 cm³/mol. The van der Waals surface area contributed by atoms with Crippen molar-refractivity contribution >= 4 is 5.91 Å². The van der Waals surface area contributed by atoms with Crippen molar-refractivity contribution in [3.8, 4) is 0 Å². The number of nitrogens with two attached hydrogens (primary N) is 1. The molecule has 4 nitrogen and oxygen atoms in total. The normalized spacial score (nSPS) is 14.2. The van der Waals surface area contributed by atoms with Crippen molar-refractivity contribution in [1.29, 1.82) is 0 Å². The van der Waals surface area contributed by atoms with E-state index in [-0.39, 0.29) is 11.3 Å². The number of amides is 1. The van der Waals surface area contributed by atoms with Crippen LogP contribution in [0.2, 0.25) is 0 Å². The van der Waals surface area contributed by atoms with E-state index in [0.29, 0.717) is 12.5 Å². The van der Waals surface area contributed by atoms with E-state index in [2.05, 4.69) is 5.48 Å². The summed E-state index contributed by atoms with van der Waals surface area (Å²) in [5, 5.41) is 0. The number of hydrogen-bond acceptors (Lipinski definition) is 3. The van der Waals surface area contributed by atoms with Crippen molar-refractivity contribution in [2.75, 3.05) is 6.61 Å². The Hall–Kier alpha value is -0.610. The molecule has 0 fully saturated rings. The van der Waals surface area contributed by atoms with Gasteiger partial charge in [-0.15, -0.1) is 0 Å². The smallest absolute Gasteiger partial charge is 0.260 e. The third-order valence-electron chi connectivity index (χ3n) is 1.80. The van der Waals surface area contributed by atoms with Gasteiger partial charge in [-0.2, -0.15) is 0 Å². The molecule has 4 heteroatoms. The minimum Gasteiger partial charge on any atom is -0.319 e. The summed E-state index contributed by atoms with van der Waals surface area (Å²) in [4.78, 5) is 16.4. The molecule has 0 aliphatic heterocycles. The maximum absolute atomic E-state index is 11.4. The van der Waals surface area contributed by atoms with Gasteiger partial charge in [0.25, 0.3) is 5.91 Å². The molecule has 84 valence electrons. The fourth-order valence-electron chi connectivity index (χ4n) is 0.736. The molecule has 0 unspecified atom stereocenters. The summed E-state index contributed by atoms with van der Waals surface area (Å²) in [5.74, 6) is 0.124. The summed E-state index contributed by atoms with van der Waals surface area (Å²) in [6, 6.07) is -0.547. The van der Waals surface area contributed by atoms with Gasteiger partial charge in [-0.3, -0.25) is 9.63 Å². The van der Waals surface area contributed by atoms with Crippen LogP contribution in [0.3, 0.4) is 0 Å². The Morgan fingerprint density at radius 1 is 1.43 bits per heavy atom. The zero-order valence-electron chi connectivity index (χ0n) is 9.76. The Kier molecular flexibility index (Phi) is 5.08. The van der Waals surface area contributed by atoms with E-state index in [1.807, 2.05) is 34.6 Å². The minimum absolute atomic E-state index is 0.245. The Morgan fingerprint density at radius 3 is 2.29 bits per heavy atom. The molecular formula is C10H22N2O2. The van der Waals surface area contributed by atoms with Crippen molar-refractivity contribution < 1.29 is 9.63 Å². The molecule has 1 amide bonds. The molecule has 14 heavy (non-hydrogen) atoms. The third kappa shape index (κ3) is 5.19. The zero-order chi connectivity index (χ0) is 11.4. The number of hydroxylamine groups is 1. The van der Waals surface area contributed by atoms with Crippen LogP contribution in [-0.4, -0.2) is 18.6 Å². The summed E-state index contributed by atoms with van der Waals surface area (Å²) in [6.07, 6.45) is 0. The maximum atomic E-state index is 11.4. The molecule has 0 rings (SSSR count). The first-order valence-electron chi connectivity index (χ1n) is 4.92. The highest BCUT2D eigenvalue weighted by Gasteiger charge is 2.27. The van der Waals surface area contributed by atoms with E-state index < -0.39 is 6.04 Å². The molecule has 0 heterocycles. The molecule has 0 aromatic rings. The summed E-state index contributed by atoms with van der Waals surface area (Å²) < 4.78 is 0. The van der Waals surface area contributed by atoms with E-state index in [1.54, 1.807) is 0 Å². The average molecular weight is 202 g/mol. The van der Waals surface area contributed by atoms with E-state index in [4.69, 9.17) is 10.6 Å². The van der Waals surface area contributed by atoms with Crippen molar-refractivity contribution in [2.45, 2.75) is 40.7 Å². The van der Waals surface area contributed by atoms with Gasteiger partial charge in [0, 0.05) is 0 Å². The number of nitrogens with one attached hydrogen (secondary N) is 1. The second-order valence-electron chi connectivity index (χ2n) is 5.01. The minimum atomic E-state index is -0.547. The monoisotopic (exact) mass is 202 g/mol. The van der Waals surface area contributed by atoms with Crippen LogP contribution in [0.15, 0.2) is 0 Å². The largest absolute Gasteiger partial charge is 0.319 e. The summed E-state index contributed by atoms with van der Waals surface area (Å²) in [6.45, 7) is 10.3. The molecule has 0 aromatic heterocycles. The Balaban J connectivity index is 3.86. The second kappa shape index (κ2) is 5.32. The van der Waals surface area contributed by atoms with Crippen LogP contribution in [0.5, 0.6) is 0 Å². The van der Waals surface area contributed by atoms with Crippen molar-refractivity contribution in [3.63, 3.8) is 0 Å². The number of rotatable bonds is 4. The van der Waals surface area contributed by atoms with E-state index >= 15 is 0 Å². The lowest BCUT2D eigenvalue weighted by molar-refractivity contribution is -0.138. The molecule has 0 saturated carbocycles. The SMILES string of the molecule is CC(C)CONC(=O)[C@H](N)C(C)(C)C. The lowest BCUT2D eigenvalue weighted by Gasteiger charge is -2.25. The first kappa shape index (κ1) is 13.4. The van der Waals surface area contributed by atoms with Gasteiger partial charge in [0.1, 0.15) is 0 Å². The Labute approximate surface area is 86.1 Å². The molecule has 0 radical (unpaired) electrons.